The van der Waals surface area contributed by atoms with Crippen molar-refractivity contribution in [3.05, 3.63) is 58.6 Å². The molecule has 1 unspecified atom stereocenters. The lowest BCUT2D eigenvalue weighted by Crippen LogP contribution is -2.41. The third-order valence-corrected chi connectivity index (χ3v) is 5.41. The van der Waals surface area contributed by atoms with Crippen molar-refractivity contribution in [1.82, 2.24) is 5.32 Å². The van der Waals surface area contributed by atoms with Gasteiger partial charge in [-0.1, -0.05) is 34.1 Å². The van der Waals surface area contributed by atoms with Crippen LogP contribution in [0.2, 0.25) is 0 Å². The van der Waals surface area contributed by atoms with Gasteiger partial charge < -0.3 is 10.1 Å². The van der Waals surface area contributed by atoms with E-state index in [9.17, 15) is 13.2 Å². The van der Waals surface area contributed by atoms with E-state index in [0.29, 0.717) is 5.69 Å². The molecule has 1 N–H and O–H groups in total. The molecule has 0 radical (unpaired) electrons. The van der Waals surface area contributed by atoms with E-state index in [1.807, 2.05) is 31.2 Å². The number of benzene rings is 2. The quantitative estimate of drug-likeness (QED) is 0.717. The van der Waals surface area contributed by atoms with Gasteiger partial charge in [-0.3, -0.25) is 9.10 Å². The summed E-state index contributed by atoms with van der Waals surface area (Å²) < 4.78 is 31.2. The molecule has 0 saturated carbocycles. The Labute approximate surface area is 162 Å². The zero-order valence-corrected chi connectivity index (χ0v) is 17.2. The molecule has 0 heterocycles. The van der Waals surface area contributed by atoms with Gasteiger partial charge in [-0.25, -0.2) is 8.42 Å². The first kappa shape index (κ1) is 20.3. The third kappa shape index (κ3) is 5.47. The molecule has 0 aromatic heterocycles. The van der Waals surface area contributed by atoms with Gasteiger partial charge in [0, 0.05) is 4.47 Å². The second-order valence-corrected chi connectivity index (χ2v) is 8.63. The van der Waals surface area contributed by atoms with Crippen molar-refractivity contribution >= 4 is 37.5 Å². The van der Waals surface area contributed by atoms with Crippen LogP contribution in [0.5, 0.6) is 5.75 Å². The minimum absolute atomic E-state index is 0.266. The molecule has 0 saturated heterocycles. The molecule has 2 aromatic carbocycles. The van der Waals surface area contributed by atoms with Crippen molar-refractivity contribution in [2.75, 3.05) is 24.2 Å². The highest BCUT2D eigenvalue weighted by atomic mass is 79.9. The molecule has 2 aromatic rings. The van der Waals surface area contributed by atoms with E-state index < -0.39 is 15.9 Å². The van der Waals surface area contributed by atoms with Crippen molar-refractivity contribution in [1.29, 1.82) is 0 Å². The maximum Gasteiger partial charge on any atom is 0.241 e. The summed E-state index contributed by atoms with van der Waals surface area (Å²) in [7, 11) is -2.02. The normalized spacial score (nSPS) is 12.3. The van der Waals surface area contributed by atoms with Crippen LogP contribution in [-0.2, 0) is 14.8 Å². The van der Waals surface area contributed by atoms with Gasteiger partial charge in [0.25, 0.3) is 0 Å². The molecule has 0 aliphatic heterocycles. The minimum Gasteiger partial charge on any atom is -0.497 e. The van der Waals surface area contributed by atoms with Crippen molar-refractivity contribution < 1.29 is 17.9 Å². The van der Waals surface area contributed by atoms with Gasteiger partial charge in [-0.2, -0.15) is 0 Å². The van der Waals surface area contributed by atoms with Crippen LogP contribution in [-0.4, -0.2) is 34.2 Å². The van der Waals surface area contributed by atoms with Crippen LogP contribution in [0.4, 0.5) is 5.69 Å². The highest BCUT2D eigenvalue weighted by molar-refractivity contribution is 9.10. The van der Waals surface area contributed by atoms with Crippen molar-refractivity contribution in [3.8, 4) is 5.75 Å². The zero-order valence-electron chi connectivity index (χ0n) is 14.8. The van der Waals surface area contributed by atoms with Crippen LogP contribution in [0.15, 0.2) is 53.0 Å². The highest BCUT2D eigenvalue weighted by Crippen LogP contribution is 2.22. The third-order valence-electron chi connectivity index (χ3n) is 3.78. The van der Waals surface area contributed by atoms with Gasteiger partial charge in [0.1, 0.15) is 12.3 Å². The largest absolute Gasteiger partial charge is 0.497 e. The van der Waals surface area contributed by atoms with E-state index in [4.69, 9.17) is 4.74 Å². The second-order valence-electron chi connectivity index (χ2n) is 5.81. The number of carbonyl (C=O) groups is 1. The van der Waals surface area contributed by atoms with Crippen LogP contribution in [0.25, 0.3) is 0 Å². The Kier molecular flexibility index (Phi) is 6.66. The van der Waals surface area contributed by atoms with Crippen molar-refractivity contribution in [2.45, 2.75) is 13.0 Å². The van der Waals surface area contributed by atoms with E-state index in [0.717, 1.165) is 26.3 Å². The van der Waals surface area contributed by atoms with E-state index >= 15 is 0 Å². The Morgan fingerprint density at radius 3 is 2.42 bits per heavy atom. The molecular weight excluding hydrogens is 420 g/mol. The Bertz CT molecular complexity index is 869. The molecule has 2 rings (SSSR count). The molecule has 0 aliphatic rings. The molecule has 140 valence electrons. The summed E-state index contributed by atoms with van der Waals surface area (Å²) in [4.78, 5) is 12.4. The van der Waals surface area contributed by atoms with E-state index in [1.165, 1.54) is 0 Å². The molecule has 1 amide bonds. The lowest BCUT2D eigenvalue weighted by molar-refractivity contribution is -0.120. The number of halogens is 1. The fourth-order valence-corrected chi connectivity index (χ4v) is 3.66. The Morgan fingerprint density at radius 2 is 1.88 bits per heavy atom. The fraction of sp³-hybridized carbons (Fsp3) is 0.278. The topological polar surface area (TPSA) is 75.7 Å². The molecule has 26 heavy (non-hydrogen) atoms. The standard InChI is InChI=1S/C18H21BrN2O4S/c1-13(14-7-9-17(25-2)10-8-14)20-18(22)12-21(26(3,23)24)16-6-4-5-15(19)11-16/h4-11,13H,12H2,1-3H3,(H,20,22). The van der Waals surface area contributed by atoms with Crippen molar-refractivity contribution in [3.63, 3.8) is 0 Å². The first-order valence-electron chi connectivity index (χ1n) is 7.87. The summed E-state index contributed by atoms with van der Waals surface area (Å²) in [6.07, 6.45) is 1.08. The first-order valence-corrected chi connectivity index (χ1v) is 10.5. The van der Waals surface area contributed by atoms with E-state index in [1.54, 1.807) is 31.4 Å². The molecule has 0 spiro atoms. The Hall–Kier alpha value is -2.06. The number of sulfonamides is 1. The number of nitrogens with one attached hydrogen (secondary N) is 1. The summed E-state index contributed by atoms with van der Waals surface area (Å²) in [5, 5.41) is 2.82. The van der Waals surface area contributed by atoms with Gasteiger partial charge in [0.05, 0.1) is 25.1 Å². The molecule has 6 nitrogen and oxygen atoms in total. The molecule has 8 heteroatoms. The smallest absolute Gasteiger partial charge is 0.241 e. The predicted molar refractivity (Wildman–Crippen MR) is 106 cm³/mol. The van der Waals surface area contributed by atoms with Gasteiger partial charge in [-0.15, -0.1) is 0 Å². The van der Waals surface area contributed by atoms with E-state index in [2.05, 4.69) is 21.2 Å². The summed E-state index contributed by atoms with van der Waals surface area (Å²) in [5.74, 6) is 0.337. The van der Waals surface area contributed by atoms with Crippen LogP contribution >= 0.6 is 15.9 Å². The average molecular weight is 441 g/mol. The number of rotatable bonds is 7. The zero-order chi connectivity index (χ0) is 19.3. The van der Waals surface area contributed by atoms with Gasteiger partial charge in [0.15, 0.2) is 0 Å². The lowest BCUT2D eigenvalue weighted by atomic mass is 10.1. The van der Waals surface area contributed by atoms with Crippen LogP contribution in [0, 0.1) is 0 Å². The molecular formula is C18H21BrN2O4S. The number of hydrogen-bond donors (Lipinski definition) is 1. The van der Waals surface area contributed by atoms with Crippen molar-refractivity contribution in [2.24, 2.45) is 0 Å². The number of methoxy groups -OCH3 is 1. The summed E-state index contributed by atoms with van der Waals surface area (Å²) in [6.45, 7) is 1.54. The van der Waals surface area contributed by atoms with Gasteiger partial charge >= 0.3 is 0 Å². The number of hydrogen-bond acceptors (Lipinski definition) is 4. The maximum atomic E-state index is 12.4. The summed E-state index contributed by atoms with van der Waals surface area (Å²) >= 11 is 3.31. The molecule has 0 fully saturated rings. The number of amides is 1. The fourth-order valence-electron chi connectivity index (χ4n) is 2.42. The highest BCUT2D eigenvalue weighted by Gasteiger charge is 2.22. The van der Waals surface area contributed by atoms with Crippen LogP contribution < -0.4 is 14.4 Å². The monoisotopic (exact) mass is 440 g/mol. The van der Waals surface area contributed by atoms with Crippen LogP contribution in [0.3, 0.4) is 0 Å². The predicted octanol–water partition coefficient (Wildman–Crippen LogP) is 3.10. The Morgan fingerprint density at radius 1 is 1.23 bits per heavy atom. The number of anilines is 1. The minimum atomic E-state index is -3.60. The summed E-state index contributed by atoms with van der Waals surface area (Å²) in [6, 6.07) is 13.9. The molecule has 0 aliphatic carbocycles. The Balaban J connectivity index is 2.11. The van der Waals surface area contributed by atoms with Gasteiger partial charge in [-0.05, 0) is 42.8 Å². The SMILES string of the molecule is COc1ccc(C(C)NC(=O)CN(c2cccc(Br)c2)S(C)(=O)=O)cc1. The maximum absolute atomic E-state index is 12.4. The molecule has 1 atom stereocenters. The number of ether oxygens (including phenoxy) is 1. The lowest BCUT2D eigenvalue weighted by Gasteiger charge is -2.23. The average Bonchev–Trinajstić information content (AvgIpc) is 2.58. The second kappa shape index (κ2) is 8.55. The summed E-state index contributed by atoms with van der Waals surface area (Å²) in [5.41, 5.74) is 1.32. The first-order chi connectivity index (χ1) is 12.2. The molecule has 0 bridgehead atoms. The van der Waals surface area contributed by atoms with Crippen LogP contribution in [0.1, 0.15) is 18.5 Å². The number of nitrogens with zero attached hydrogens (tertiary/aromatic N) is 1. The van der Waals surface area contributed by atoms with Gasteiger partial charge in [0.2, 0.25) is 15.9 Å². The van der Waals surface area contributed by atoms with E-state index in [-0.39, 0.29) is 12.6 Å². The number of carbonyl (C=O) groups excluding carboxylic acids is 1.